The van der Waals surface area contributed by atoms with Gasteiger partial charge < -0.3 is 9.52 Å². The average Bonchev–Trinajstić information content (AvgIpc) is 3.17. The first-order valence-electron chi connectivity index (χ1n) is 12.2. The molecule has 0 unspecified atom stereocenters. The molecule has 2 aromatic heterocycles. The molecule has 0 amide bonds. The largest absolute Gasteiger partial charge is 0.512 e. The van der Waals surface area contributed by atoms with Crippen LogP contribution in [0.15, 0.2) is 58.8 Å². The van der Waals surface area contributed by atoms with E-state index in [2.05, 4.69) is 77.1 Å². The number of aryl methyl sites for hydroxylation is 3. The fraction of sp³-hybridized carbons (Fsp3) is 0.250. The Balaban J connectivity index is 0.000000356. The molecule has 5 aromatic rings. The molecule has 1 aliphatic rings. The summed E-state index contributed by atoms with van der Waals surface area (Å²) in [5.74, 6) is -0.0625. The fourth-order valence-electron chi connectivity index (χ4n) is 5.30. The van der Waals surface area contributed by atoms with Gasteiger partial charge in [0.15, 0.2) is 5.78 Å². The van der Waals surface area contributed by atoms with Crippen molar-refractivity contribution in [2.45, 2.75) is 53.9 Å². The van der Waals surface area contributed by atoms with Crippen molar-refractivity contribution in [3.8, 4) is 11.3 Å². The van der Waals surface area contributed by atoms with Gasteiger partial charge in [0.25, 0.3) is 0 Å². The summed E-state index contributed by atoms with van der Waals surface area (Å²) in [6.45, 7) is 13.8. The molecule has 1 radical (unpaired) electrons. The number of fused-ring (bicyclic) bond motifs is 3. The standard InChI is InChI=1S/C27H22NO.C5H8O2.Ir/c1-14-6-8-17-11-19-21(12-18(17)10-14)27(4,5)20-9-7-15(2)25-22(20)23-24(19)28-13-16(3)26(23)29-25;1-4(6)3-5(2)7;/h6-10,12-13H,1-5H3;3,6H,1-2H3;/q-1;;/b;4-3-;. The zero-order valence-corrected chi connectivity index (χ0v) is 24.6. The van der Waals surface area contributed by atoms with E-state index in [1.54, 1.807) is 0 Å². The van der Waals surface area contributed by atoms with E-state index < -0.39 is 0 Å². The van der Waals surface area contributed by atoms with E-state index in [9.17, 15) is 4.79 Å². The number of allylic oxidation sites excluding steroid dienone is 2. The van der Waals surface area contributed by atoms with E-state index in [0.717, 1.165) is 44.3 Å². The molecule has 0 saturated carbocycles. The minimum absolute atomic E-state index is 0. The Morgan fingerprint density at radius 3 is 2.32 bits per heavy atom. The van der Waals surface area contributed by atoms with Crippen molar-refractivity contribution in [3.05, 3.63) is 88.3 Å². The molecule has 1 aliphatic carbocycles. The number of aromatic nitrogens is 1. The summed E-state index contributed by atoms with van der Waals surface area (Å²) in [6, 6.07) is 17.1. The van der Waals surface area contributed by atoms with E-state index in [1.165, 1.54) is 47.4 Å². The van der Waals surface area contributed by atoms with E-state index in [1.807, 2.05) is 6.20 Å². The summed E-state index contributed by atoms with van der Waals surface area (Å²) >= 11 is 0. The minimum atomic E-state index is -0.193. The first-order valence-corrected chi connectivity index (χ1v) is 12.2. The third-order valence-electron chi connectivity index (χ3n) is 7.05. The van der Waals surface area contributed by atoms with Gasteiger partial charge in [-0.25, -0.2) is 0 Å². The number of hydrogen-bond donors (Lipinski definition) is 1. The summed E-state index contributed by atoms with van der Waals surface area (Å²) in [5, 5.41) is 13.1. The van der Waals surface area contributed by atoms with E-state index in [-0.39, 0.29) is 37.1 Å². The Hall–Kier alpha value is -3.27. The number of benzene rings is 3. The molecular formula is C32H30IrNO3-. The molecule has 5 heteroatoms. The number of pyridine rings is 1. The van der Waals surface area contributed by atoms with Gasteiger partial charge in [-0.3, -0.25) is 9.78 Å². The summed E-state index contributed by atoms with van der Waals surface area (Å²) in [4.78, 5) is 14.9. The smallest absolute Gasteiger partial charge is 0.155 e. The average molecular weight is 669 g/mol. The molecule has 0 saturated heterocycles. The van der Waals surface area contributed by atoms with Crippen LogP contribution in [-0.4, -0.2) is 15.9 Å². The van der Waals surface area contributed by atoms with Gasteiger partial charge in [0, 0.05) is 54.4 Å². The SMILES string of the molecule is CC(=O)/C=C(/C)O.Cc1ccc2[c-]c3c(cc2c1)C(C)(C)c1ccc(C)c2oc4c(C)cnc-3c4c12.[Ir]. The number of nitrogens with zero attached hydrogens (tertiary/aromatic N) is 1. The van der Waals surface area contributed by atoms with Crippen molar-refractivity contribution in [1.82, 2.24) is 4.98 Å². The second-order valence-corrected chi connectivity index (χ2v) is 10.4. The van der Waals surface area contributed by atoms with Gasteiger partial charge in [-0.15, -0.1) is 23.6 Å². The molecule has 6 rings (SSSR count). The Kier molecular flexibility index (Phi) is 6.92. The third kappa shape index (κ3) is 4.41. The maximum Gasteiger partial charge on any atom is 0.155 e. The molecular weight excluding hydrogens is 639 g/mol. The normalized spacial score (nSPS) is 13.6. The molecule has 37 heavy (non-hydrogen) atoms. The zero-order chi connectivity index (χ0) is 25.9. The number of aliphatic hydroxyl groups is 1. The molecule has 0 aliphatic heterocycles. The van der Waals surface area contributed by atoms with Crippen LogP contribution in [0.3, 0.4) is 0 Å². The number of ketones is 1. The number of hydrogen-bond acceptors (Lipinski definition) is 4. The van der Waals surface area contributed by atoms with Crippen LogP contribution in [0.25, 0.3) is 44.0 Å². The quantitative estimate of drug-likeness (QED) is 0.111. The number of furan rings is 1. The van der Waals surface area contributed by atoms with Crippen LogP contribution in [0.1, 0.15) is 55.5 Å². The summed E-state index contributed by atoms with van der Waals surface area (Å²) in [5.41, 5.74) is 9.88. The number of aliphatic hydroxyl groups excluding tert-OH is 1. The van der Waals surface area contributed by atoms with Gasteiger partial charge in [0.1, 0.15) is 11.2 Å². The van der Waals surface area contributed by atoms with Gasteiger partial charge >= 0.3 is 0 Å². The molecule has 3 aromatic carbocycles. The van der Waals surface area contributed by atoms with Gasteiger partial charge in [0.05, 0.1) is 5.76 Å². The van der Waals surface area contributed by atoms with Crippen molar-refractivity contribution in [1.29, 1.82) is 0 Å². The Labute approximate surface area is 230 Å². The van der Waals surface area contributed by atoms with Crippen molar-refractivity contribution in [2.24, 2.45) is 0 Å². The van der Waals surface area contributed by atoms with E-state index in [4.69, 9.17) is 14.5 Å². The third-order valence-corrected chi connectivity index (χ3v) is 7.05. The second kappa shape index (κ2) is 9.55. The predicted octanol–water partition coefficient (Wildman–Crippen LogP) is 8.20. The number of carbonyl (C=O) groups excluding carboxylic acids is 1. The number of rotatable bonds is 1. The molecule has 0 fully saturated rings. The molecule has 4 nitrogen and oxygen atoms in total. The molecule has 0 bridgehead atoms. The minimum Gasteiger partial charge on any atom is -0.512 e. The van der Waals surface area contributed by atoms with Gasteiger partial charge in [-0.1, -0.05) is 60.2 Å². The van der Waals surface area contributed by atoms with Crippen LogP contribution in [-0.2, 0) is 30.3 Å². The molecule has 1 N–H and O–H groups in total. The molecule has 0 spiro atoms. The predicted molar refractivity (Wildman–Crippen MR) is 147 cm³/mol. The van der Waals surface area contributed by atoms with Gasteiger partial charge in [-0.2, -0.15) is 0 Å². The van der Waals surface area contributed by atoms with Crippen LogP contribution in [0, 0.1) is 26.8 Å². The maximum absolute atomic E-state index is 10.0. The van der Waals surface area contributed by atoms with Crippen LogP contribution >= 0.6 is 0 Å². The Morgan fingerprint density at radius 2 is 1.68 bits per heavy atom. The topological polar surface area (TPSA) is 63.3 Å². The summed E-state index contributed by atoms with van der Waals surface area (Å²) in [6.07, 6.45) is 3.10. The Bertz CT molecular complexity index is 1740. The van der Waals surface area contributed by atoms with Gasteiger partial charge in [0.2, 0.25) is 0 Å². The van der Waals surface area contributed by atoms with Gasteiger partial charge in [-0.05, 0) is 51.2 Å². The maximum atomic E-state index is 10.0. The van der Waals surface area contributed by atoms with E-state index in [0.29, 0.717) is 0 Å². The van der Waals surface area contributed by atoms with Crippen molar-refractivity contribution >= 4 is 38.5 Å². The van der Waals surface area contributed by atoms with Crippen LogP contribution in [0.5, 0.6) is 0 Å². The zero-order valence-electron chi connectivity index (χ0n) is 22.2. The molecule has 0 atom stereocenters. The monoisotopic (exact) mass is 669 g/mol. The summed E-state index contributed by atoms with van der Waals surface area (Å²) in [7, 11) is 0. The first-order chi connectivity index (χ1) is 17.0. The molecule has 2 heterocycles. The van der Waals surface area contributed by atoms with Crippen molar-refractivity contribution in [2.75, 3.05) is 0 Å². The Morgan fingerprint density at radius 1 is 0.973 bits per heavy atom. The summed E-state index contributed by atoms with van der Waals surface area (Å²) < 4.78 is 6.43. The number of carbonyl (C=O) groups is 1. The van der Waals surface area contributed by atoms with Crippen LogP contribution < -0.4 is 0 Å². The second-order valence-electron chi connectivity index (χ2n) is 10.4. The first kappa shape index (κ1) is 26.8. The van der Waals surface area contributed by atoms with Crippen LogP contribution in [0.4, 0.5) is 0 Å². The molecule has 191 valence electrons. The van der Waals surface area contributed by atoms with Crippen LogP contribution in [0.2, 0.25) is 0 Å². The van der Waals surface area contributed by atoms with Crippen molar-refractivity contribution in [3.63, 3.8) is 0 Å². The fourth-order valence-corrected chi connectivity index (χ4v) is 5.30. The van der Waals surface area contributed by atoms with E-state index >= 15 is 0 Å². The van der Waals surface area contributed by atoms with Crippen molar-refractivity contribution < 1.29 is 34.4 Å².